The summed E-state index contributed by atoms with van der Waals surface area (Å²) >= 11 is 0. The second-order valence-electron chi connectivity index (χ2n) is 11.3. The number of anilines is 2. The lowest BCUT2D eigenvalue weighted by Gasteiger charge is -2.45. The molecule has 4 aromatic rings. The molecular weight excluding hydrogens is 472 g/mol. The van der Waals surface area contributed by atoms with Crippen LogP contribution in [-0.4, -0.2) is 68.3 Å². The Kier molecular flexibility index (Phi) is 5.23. The molecule has 3 aliphatic heterocycles. The Bertz CT molecular complexity index is 1590. The van der Waals surface area contributed by atoms with Gasteiger partial charge in [-0.1, -0.05) is 54.6 Å². The zero-order valence-electron chi connectivity index (χ0n) is 22.3. The van der Waals surface area contributed by atoms with Crippen LogP contribution in [0.5, 0.6) is 5.75 Å². The van der Waals surface area contributed by atoms with Gasteiger partial charge in [0, 0.05) is 68.0 Å². The van der Waals surface area contributed by atoms with E-state index >= 15 is 0 Å². The molecule has 38 heavy (non-hydrogen) atoms. The van der Waals surface area contributed by atoms with Gasteiger partial charge in [0.25, 0.3) is 0 Å². The molecule has 0 saturated carbocycles. The number of aliphatic imine (C=N–C) groups is 1. The molecule has 1 saturated heterocycles. The molecule has 194 valence electrons. The molecule has 0 aliphatic carbocycles. The van der Waals surface area contributed by atoms with E-state index in [1.807, 2.05) is 6.21 Å². The number of ether oxygens (including phenoxy) is 1. The number of rotatable bonds is 3. The first-order valence-electron chi connectivity index (χ1n) is 13.6. The van der Waals surface area contributed by atoms with Crippen LogP contribution in [-0.2, 0) is 5.41 Å². The number of hydrogen-bond acceptors (Lipinski definition) is 6. The number of likely N-dealkylation sites (N-methyl/N-ethyl adjacent to an activating group) is 1. The lowest BCUT2D eigenvalue weighted by Crippen LogP contribution is -2.61. The Hall–Kier alpha value is -3.61. The molecule has 6 nitrogen and oxygen atoms in total. The number of benzene rings is 4. The van der Waals surface area contributed by atoms with E-state index in [1.54, 1.807) is 0 Å². The van der Waals surface area contributed by atoms with Crippen molar-refractivity contribution in [2.24, 2.45) is 4.99 Å². The number of nitrogens with zero attached hydrogens (tertiary/aromatic N) is 4. The van der Waals surface area contributed by atoms with Crippen LogP contribution < -0.4 is 14.5 Å². The van der Waals surface area contributed by atoms with Crippen LogP contribution >= 0.6 is 0 Å². The predicted octanol–water partition coefficient (Wildman–Crippen LogP) is 5.33. The molecule has 4 aromatic carbocycles. The second-order valence-corrected chi connectivity index (χ2v) is 11.3. The molecule has 1 spiro atoms. The molecular formula is C32H34N4O2. The fourth-order valence-electron chi connectivity index (χ4n) is 6.91. The molecule has 0 radical (unpaired) electrons. The van der Waals surface area contributed by atoms with Gasteiger partial charge in [0.1, 0.15) is 5.69 Å². The summed E-state index contributed by atoms with van der Waals surface area (Å²) in [5, 5.41) is 14.2. The largest absolute Gasteiger partial charge is 0.459 e. The van der Waals surface area contributed by atoms with E-state index in [0.717, 1.165) is 49.5 Å². The van der Waals surface area contributed by atoms with Crippen LogP contribution in [0.4, 0.5) is 17.1 Å². The fourth-order valence-corrected chi connectivity index (χ4v) is 6.91. The van der Waals surface area contributed by atoms with Crippen molar-refractivity contribution in [3.8, 4) is 5.75 Å². The fraction of sp³-hybridized carbons (Fsp3) is 0.344. The molecule has 0 bridgehead atoms. The number of hydrogen-bond donors (Lipinski definition) is 1. The van der Waals surface area contributed by atoms with Crippen molar-refractivity contribution in [3.63, 3.8) is 0 Å². The first-order valence-corrected chi connectivity index (χ1v) is 13.6. The zero-order valence-corrected chi connectivity index (χ0v) is 22.3. The maximum absolute atomic E-state index is 9.37. The van der Waals surface area contributed by atoms with Gasteiger partial charge < -0.3 is 19.6 Å². The van der Waals surface area contributed by atoms with Gasteiger partial charge in [-0.15, -0.1) is 0 Å². The number of aliphatic hydroxyl groups is 1. The molecule has 1 fully saturated rings. The van der Waals surface area contributed by atoms with Crippen LogP contribution in [0.25, 0.3) is 21.5 Å². The molecule has 6 heteroatoms. The van der Waals surface area contributed by atoms with Crippen molar-refractivity contribution in [2.75, 3.05) is 56.2 Å². The standard InChI is InChI=1S/C32H34N4O2/c1-31(2)29-23-9-5-4-8-22(23)12-13-26(29)34(3)32(31)21-33-30-25-11-7-6-10-24(25)27(20-28(30)38-32)36-16-14-35(15-17-36)18-19-37/h4-13,20-21,37H,14-19H2,1-3H3. The first kappa shape index (κ1) is 23.5. The maximum atomic E-state index is 9.37. The van der Waals surface area contributed by atoms with Crippen LogP contribution in [0.2, 0.25) is 0 Å². The van der Waals surface area contributed by atoms with E-state index in [1.165, 1.54) is 33.1 Å². The zero-order chi connectivity index (χ0) is 26.1. The highest BCUT2D eigenvalue weighted by Gasteiger charge is 2.59. The molecule has 0 aromatic heterocycles. The van der Waals surface area contributed by atoms with Gasteiger partial charge in [0.15, 0.2) is 5.75 Å². The second kappa shape index (κ2) is 8.45. The summed E-state index contributed by atoms with van der Waals surface area (Å²) in [6.07, 6.45) is 2.03. The third-order valence-electron chi connectivity index (χ3n) is 9.01. The lowest BCUT2D eigenvalue weighted by atomic mass is 9.76. The summed E-state index contributed by atoms with van der Waals surface area (Å²) in [5.74, 6) is 0.830. The maximum Gasteiger partial charge on any atom is 0.228 e. The SMILES string of the molecule is CN1c2ccc3ccccc3c2C(C)(C)C12C=Nc1c(cc(N3CCN(CCO)CC3)c3ccccc13)O2. The Morgan fingerprint density at radius 2 is 1.58 bits per heavy atom. The van der Waals surface area contributed by atoms with Gasteiger partial charge in [0.05, 0.1) is 18.2 Å². The van der Waals surface area contributed by atoms with E-state index in [0.29, 0.717) is 0 Å². The quantitative estimate of drug-likeness (QED) is 0.407. The van der Waals surface area contributed by atoms with Crippen LogP contribution in [0.15, 0.2) is 71.7 Å². The van der Waals surface area contributed by atoms with Gasteiger partial charge in [0.2, 0.25) is 5.72 Å². The minimum atomic E-state index is -0.744. The van der Waals surface area contributed by atoms with E-state index < -0.39 is 5.72 Å². The van der Waals surface area contributed by atoms with E-state index in [4.69, 9.17) is 9.73 Å². The van der Waals surface area contributed by atoms with Crippen molar-refractivity contribution in [2.45, 2.75) is 25.0 Å². The molecule has 1 unspecified atom stereocenters. The van der Waals surface area contributed by atoms with Crippen molar-refractivity contribution in [1.82, 2.24) is 4.90 Å². The highest BCUT2D eigenvalue weighted by molar-refractivity contribution is 6.06. The van der Waals surface area contributed by atoms with Crippen LogP contribution in [0.1, 0.15) is 19.4 Å². The normalized spacial score (nSPS) is 22.2. The van der Waals surface area contributed by atoms with Gasteiger partial charge in [-0.25, -0.2) is 0 Å². The average Bonchev–Trinajstić information content (AvgIpc) is 3.11. The van der Waals surface area contributed by atoms with Crippen LogP contribution in [0.3, 0.4) is 0 Å². The Morgan fingerprint density at radius 3 is 2.34 bits per heavy atom. The molecule has 1 atom stereocenters. The Labute approximate surface area is 223 Å². The summed E-state index contributed by atoms with van der Waals surface area (Å²) in [4.78, 5) is 12.2. The first-order chi connectivity index (χ1) is 18.4. The summed E-state index contributed by atoms with van der Waals surface area (Å²) in [5.41, 5.74) is 3.49. The molecule has 0 amide bonds. The Morgan fingerprint density at radius 1 is 0.868 bits per heavy atom. The number of aliphatic hydroxyl groups excluding tert-OH is 1. The van der Waals surface area contributed by atoms with Crippen molar-refractivity contribution in [3.05, 3.63) is 72.3 Å². The van der Waals surface area contributed by atoms with E-state index in [2.05, 4.69) is 102 Å². The Balaban J connectivity index is 1.35. The lowest BCUT2D eigenvalue weighted by molar-refractivity contribution is 0.0832. The third kappa shape index (κ3) is 3.17. The minimum absolute atomic E-state index is 0.205. The van der Waals surface area contributed by atoms with Gasteiger partial charge in [-0.3, -0.25) is 9.89 Å². The number of piperazine rings is 1. The summed E-state index contributed by atoms with van der Waals surface area (Å²) < 4.78 is 7.15. The predicted molar refractivity (Wildman–Crippen MR) is 157 cm³/mol. The van der Waals surface area contributed by atoms with Crippen molar-refractivity contribution < 1.29 is 9.84 Å². The monoisotopic (exact) mass is 506 g/mol. The number of β-amino-alcohol motifs (C(OH)–C–C–N with tert-alkyl or cyclic N) is 1. The van der Waals surface area contributed by atoms with Gasteiger partial charge >= 0.3 is 0 Å². The number of fused-ring (bicyclic) bond motifs is 6. The summed E-state index contributed by atoms with van der Waals surface area (Å²) in [6, 6.07) is 23.8. The van der Waals surface area contributed by atoms with Crippen molar-refractivity contribution >= 4 is 44.8 Å². The molecule has 1 N–H and O–H groups in total. The summed E-state index contributed by atoms with van der Waals surface area (Å²) in [7, 11) is 2.13. The topological polar surface area (TPSA) is 51.5 Å². The highest BCUT2D eigenvalue weighted by atomic mass is 16.5. The van der Waals surface area contributed by atoms with E-state index in [9.17, 15) is 5.11 Å². The minimum Gasteiger partial charge on any atom is -0.459 e. The van der Waals surface area contributed by atoms with Gasteiger partial charge in [-0.2, -0.15) is 0 Å². The molecule has 3 heterocycles. The van der Waals surface area contributed by atoms with Gasteiger partial charge in [-0.05, 0) is 36.2 Å². The molecule has 7 rings (SSSR count). The summed E-state index contributed by atoms with van der Waals surface area (Å²) in [6.45, 7) is 9.20. The molecule has 3 aliphatic rings. The van der Waals surface area contributed by atoms with Crippen LogP contribution in [0, 0.1) is 0 Å². The third-order valence-corrected chi connectivity index (χ3v) is 9.01. The highest BCUT2D eigenvalue weighted by Crippen LogP contribution is 2.56. The smallest absolute Gasteiger partial charge is 0.228 e. The van der Waals surface area contributed by atoms with Crippen molar-refractivity contribution in [1.29, 1.82) is 0 Å². The average molecular weight is 507 g/mol. The van der Waals surface area contributed by atoms with E-state index in [-0.39, 0.29) is 12.0 Å².